The fourth-order valence-electron chi connectivity index (χ4n) is 10.5. The lowest BCUT2D eigenvalue weighted by Crippen LogP contribution is -2.65. The number of amides is 3. The Hall–Kier alpha value is -5.21. The monoisotopic (exact) mass is 969 g/mol. The van der Waals surface area contributed by atoms with E-state index in [1.807, 2.05) is 44.9 Å². The van der Waals surface area contributed by atoms with Gasteiger partial charge < -0.3 is 23.8 Å². The molecule has 14 nitrogen and oxygen atoms in total. The third-order valence-electron chi connectivity index (χ3n) is 13.0. The van der Waals surface area contributed by atoms with Gasteiger partial charge >= 0.3 is 18.3 Å². The number of fused-ring (bicyclic) bond motifs is 6. The van der Waals surface area contributed by atoms with E-state index in [-0.39, 0.29) is 46.6 Å². The topological polar surface area (TPSA) is 149 Å². The fraction of sp³-hybridized carbons (Fsp3) is 0.588. The lowest BCUT2D eigenvalue weighted by Gasteiger charge is -2.48. The Morgan fingerprint density at radius 3 is 2.01 bits per heavy atom. The Labute approximate surface area is 405 Å². The highest BCUT2D eigenvalue weighted by atomic mass is 32.2. The summed E-state index contributed by atoms with van der Waals surface area (Å²) in [7, 11) is -2.31. The van der Waals surface area contributed by atoms with Crippen molar-refractivity contribution in [3.63, 3.8) is 0 Å². The number of anilines is 2. The van der Waals surface area contributed by atoms with E-state index in [9.17, 15) is 14.4 Å². The van der Waals surface area contributed by atoms with E-state index in [1.54, 1.807) is 53.7 Å². The van der Waals surface area contributed by atoms with E-state index in [4.69, 9.17) is 38.9 Å². The number of halogens is 1. The summed E-state index contributed by atoms with van der Waals surface area (Å²) in [4.78, 5) is 66.6. The number of hydrogen-bond acceptors (Lipinski definition) is 13. The van der Waals surface area contributed by atoms with Crippen LogP contribution in [0, 0.1) is 17.3 Å². The van der Waals surface area contributed by atoms with Crippen molar-refractivity contribution in [2.75, 3.05) is 22.6 Å². The van der Waals surface area contributed by atoms with Crippen molar-refractivity contribution in [2.45, 2.75) is 186 Å². The minimum atomic E-state index is -2.31. The van der Waals surface area contributed by atoms with Gasteiger partial charge in [0.2, 0.25) is 5.88 Å². The maximum atomic E-state index is 18.2. The fourth-order valence-corrected chi connectivity index (χ4v) is 16.0. The van der Waals surface area contributed by atoms with Gasteiger partial charge in [-0.3, -0.25) is 4.90 Å². The predicted molar refractivity (Wildman–Crippen MR) is 269 cm³/mol. The highest BCUT2D eigenvalue weighted by molar-refractivity contribution is 7.98. The van der Waals surface area contributed by atoms with Crippen LogP contribution < -0.4 is 14.5 Å². The summed E-state index contributed by atoms with van der Waals surface area (Å²) in [6, 6.07) is 6.01. The average Bonchev–Trinajstić information content (AvgIpc) is 3.45. The van der Waals surface area contributed by atoms with Crippen molar-refractivity contribution in [1.29, 1.82) is 0 Å². The van der Waals surface area contributed by atoms with Gasteiger partial charge in [0.25, 0.3) is 0 Å². The number of thioether (sulfide) groups is 1. The Balaban J connectivity index is 1.53. The lowest BCUT2D eigenvalue weighted by molar-refractivity contribution is 0.000883. The molecule has 4 atom stereocenters. The second-order valence-electron chi connectivity index (χ2n) is 22.2. The van der Waals surface area contributed by atoms with Crippen LogP contribution in [0.15, 0.2) is 29.4 Å². The number of ether oxygens (including phenoxy) is 4. The van der Waals surface area contributed by atoms with Crippen LogP contribution in [-0.2, 0) is 14.2 Å². The Morgan fingerprint density at radius 1 is 0.853 bits per heavy atom. The number of benzene rings is 1. The third-order valence-corrected chi connectivity index (χ3v) is 19.8. The van der Waals surface area contributed by atoms with Crippen LogP contribution in [-0.4, -0.2) is 105 Å². The molecule has 3 aliphatic rings. The lowest BCUT2D eigenvalue weighted by atomic mass is 9.98. The highest BCUT2D eigenvalue weighted by Gasteiger charge is 2.54. The van der Waals surface area contributed by atoms with Crippen molar-refractivity contribution in [2.24, 2.45) is 0 Å². The summed E-state index contributed by atoms with van der Waals surface area (Å²) < 4.78 is 42.6. The van der Waals surface area contributed by atoms with Crippen LogP contribution in [0.2, 0.25) is 16.6 Å². The molecular formula is C51H68FN7O7SSi. The molecule has 0 spiro atoms. The Morgan fingerprint density at radius 2 is 1.46 bits per heavy atom. The summed E-state index contributed by atoms with van der Waals surface area (Å²) in [6.07, 6.45) is 0.263. The van der Waals surface area contributed by atoms with Crippen LogP contribution >= 0.6 is 11.8 Å². The molecule has 2 saturated heterocycles. The molecule has 68 heavy (non-hydrogen) atoms. The summed E-state index contributed by atoms with van der Waals surface area (Å²) in [5, 5.41) is 1.08. The standard InChI is InChI=1S/C51H68FN7O7SSi/c1-27(2)68(28(3)4,29(5)6)24-23-31-19-18-20-34-37(31)33(25-36(53-34)59(47(61)65-50(11,12)13)48(62)66-51(14,15)16)40-39(52)41-38-43(56-45(55-41)67-17)57-26-32-21-22-35(42(57)30(7)63-44(38)54-40)58(32)46(60)64-49(8,9)10/h18-20,25,27-30,32,35,42H,21-22,26H2,1-17H3/t30-,32+,35-,42+/m0/s1. The molecule has 3 aromatic heterocycles. The van der Waals surface area contributed by atoms with Gasteiger partial charge in [-0.2, -0.15) is 4.90 Å². The van der Waals surface area contributed by atoms with E-state index < -0.39 is 55.0 Å². The van der Waals surface area contributed by atoms with Gasteiger partial charge in [0.15, 0.2) is 11.0 Å². The van der Waals surface area contributed by atoms with Crippen LogP contribution in [0.25, 0.3) is 33.1 Å². The number of imide groups is 1. The molecule has 3 aliphatic heterocycles. The van der Waals surface area contributed by atoms with Crippen molar-refractivity contribution in [3.8, 4) is 28.6 Å². The molecule has 0 radical (unpaired) electrons. The highest BCUT2D eigenvalue weighted by Crippen LogP contribution is 2.48. The molecule has 3 amide bonds. The largest absolute Gasteiger partial charge is 0.472 e. The summed E-state index contributed by atoms with van der Waals surface area (Å²) in [6.45, 7) is 31.4. The SMILES string of the molecule is CSc1nc2c3c(nc(-c4cc(N(C(=O)OC(C)(C)C)C(=O)OC(C)(C)C)nc5cccc(C#C[Si](C(C)C)(C(C)C)C(C)C)c45)c(F)c3n1)O[C@@H](C)[C@@H]1[C@@H]3CC[C@H](CN21)N3C(=O)OC(C)(C)C. The minimum absolute atomic E-state index is 0.0221. The van der Waals surface area contributed by atoms with E-state index in [0.29, 0.717) is 62.4 Å². The van der Waals surface area contributed by atoms with E-state index in [1.165, 1.54) is 17.8 Å². The Bertz CT molecular complexity index is 2670. The van der Waals surface area contributed by atoms with Gasteiger partial charge in [-0.15, -0.1) is 5.54 Å². The van der Waals surface area contributed by atoms with Gasteiger partial charge in [-0.05, 0) is 123 Å². The molecule has 2 bridgehead atoms. The zero-order chi connectivity index (χ0) is 50.2. The first-order valence-corrected chi connectivity index (χ1v) is 27.2. The van der Waals surface area contributed by atoms with Crippen LogP contribution in [0.1, 0.15) is 129 Å². The number of rotatable bonds is 6. The minimum Gasteiger partial charge on any atom is -0.472 e. The molecule has 1 aromatic carbocycles. The maximum Gasteiger partial charge on any atom is 0.425 e. The molecule has 366 valence electrons. The zero-order valence-corrected chi connectivity index (χ0v) is 44.6. The van der Waals surface area contributed by atoms with Crippen molar-refractivity contribution >= 4 is 71.6 Å². The number of piperazine rings is 1. The molecular weight excluding hydrogens is 902 g/mol. The van der Waals surface area contributed by atoms with Gasteiger partial charge in [-0.1, -0.05) is 65.3 Å². The summed E-state index contributed by atoms with van der Waals surface area (Å²) >= 11 is 1.28. The number of carbonyl (C=O) groups is 3. The first-order valence-electron chi connectivity index (χ1n) is 23.7. The van der Waals surface area contributed by atoms with E-state index in [2.05, 4.69) is 57.9 Å². The van der Waals surface area contributed by atoms with Crippen molar-refractivity contribution in [3.05, 3.63) is 35.6 Å². The molecule has 0 saturated carbocycles. The molecule has 0 N–H and O–H groups in total. The number of aromatic nitrogens is 4. The van der Waals surface area contributed by atoms with Gasteiger partial charge in [0, 0.05) is 23.1 Å². The molecule has 0 aliphatic carbocycles. The maximum absolute atomic E-state index is 18.2. The zero-order valence-electron chi connectivity index (χ0n) is 42.7. The smallest absolute Gasteiger partial charge is 0.425 e. The molecule has 4 aromatic rings. The quantitative estimate of drug-likeness (QED) is 0.0593. The van der Waals surface area contributed by atoms with E-state index in [0.717, 1.165) is 11.3 Å². The average molecular weight is 970 g/mol. The first kappa shape index (κ1) is 50.7. The Kier molecular flexibility index (Phi) is 13.6. The first-order chi connectivity index (χ1) is 31.6. The second-order valence-corrected chi connectivity index (χ2v) is 28.5. The number of hydrogen-bond donors (Lipinski definition) is 0. The van der Waals surface area contributed by atoms with Crippen LogP contribution in [0.3, 0.4) is 0 Å². The molecule has 7 rings (SSSR count). The summed E-state index contributed by atoms with van der Waals surface area (Å²) in [5.74, 6) is 3.18. The van der Waals surface area contributed by atoms with E-state index >= 15 is 4.39 Å². The third kappa shape index (κ3) is 9.56. The number of pyridine rings is 2. The molecule has 0 unspecified atom stereocenters. The van der Waals surface area contributed by atoms with Gasteiger partial charge in [-0.25, -0.2) is 38.7 Å². The number of carbonyl (C=O) groups excluding carboxylic acids is 3. The number of nitrogens with zero attached hydrogens (tertiary/aromatic N) is 7. The van der Waals surface area contributed by atoms with Gasteiger partial charge in [0.05, 0.1) is 23.6 Å². The van der Waals surface area contributed by atoms with Crippen molar-refractivity contribution < 1.29 is 37.7 Å². The van der Waals surface area contributed by atoms with Gasteiger partial charge in [0.1, 0.15) is 59.2 Å². The van der Waals surface area contributed by atoms with Crippen LogP contribution in [0.5, 0.6) is 5.88 Å². The normalized spacial score (nSPS) is 19.4. The van der Waals surface area contributed by atoms with Crippen molar-refractivity contribution in [1.82, 2.24) is 24.8 Å². The second kappa shape index (κ2) is 18.3. The molecule has 17 heteroatoms. The van der Waals surface area contributed by atoms with Crippen LogP contribution in [0.4, 0.5) is 30.4 Å². The molecule has 2 fully saturated rings. The summed E-state index contributed by atoms with van der Waals surface area (Å²) in [5.41, 5.74) is 2.97. The molecule has 6 heterocycles. The predicted octanol–water partition coefficient (Wildman–Crippen LogP) is 12.1.